The predicted molar refractivity (Wildman–Crippen MR) is 149 cm³/mol. The van der Waals surface area contributed by atoms with Crippen molar-refractivity contribution in [1.29, 1.82) is 0 Å². The molecule has 0 saturated heterocycles. The van der Waals surface area contributed by atoms with Crippen LogP contribution in [0.15, 0.2) is 79.1 Å². The second-order valence-corrected chi connectivity index (χ2v) is 11.2. The molecule has 0 saturated carbocycles. The lowest BCUT2D eigenvalue weighted by molar-refractivity contribution is -0.138. The highest BCUT2D eigenvalue weighted by Gasteiger charge is 2.35. The summed E-state index contributed by atoms with van der Waals surface area (Å²) in [6.07, 6.45) is -1.70. The molecule has 4 rings (SSSR count). The minimum atomic E-state index is -4.70. The maximum Gasteiger partial charge on any atom is 0.419 e. The summed E-state index contributed by atoms with van der Waals surface area (Å²) in [5.41, 5.74) is 0.852. The summed E-state index contributed by atoms with van der Waals surface area (Å²) >= 11 is 0. The van der Waals surface area contributed by atoms with Crippen molar-refractivity contribution < 1.29 is 26.4 Å². The average Bonchev–Trinajstić information content (AvgIpc) is 2.94. The van der Waals surface area contributed by atoms with Crippen molar-refractivity contribution in [3.05, 3.63) is 107 Å². The number of hydrogen-bond acceptors (Lipinski definition) is 7. The third-order valence-electron chi connectivity index (χ3n) is 6.14. The van der Waals surface area contributed by atoms with Gasteiger partial charge in [-0.3, -0.25) is 9.10 Å². The van der Waals surface area contributed by atoms with Crippen LogP contribution in [0.1, 0.15) is 32.7 Å². The van der Waals surface area contributed by atoms with Gasteiger partial charge < -0.3 is 10.6 Å². The number of rotatable bonds is 10. The van der Waals surface area contributed by atoms with Crippen LogP contribution >= 0.6 is 0 Å². The highest BCUT2D eigenvalue weighted by molar-refractivity contribution is 7.92. The molecule has 0 aliphatic rings. The van der Waals surface area contributed by atoms with Gasteiger partial charge in [-0.15, -0.1) is 0 Å². The smallest absolute Gasteiger partial charge is 0.348 e. The maximum absolute atomic E-state index is 13.8. The number of aryl methyl sites for hydroxylation is 2. The number of aromatic nitrogens is 3. The third kappa shape index (κ3) is 7.78. The molecule has 0 aliphatic heterocycles. The Kier molecular flexibility index (Phi) is 8.86. The minimum Gasteiger partial charge on any atom is -0.348 e. The Morgan fingerprint density at radius 1 is 0.976 bits per heavy atom. The number of alkyl halides is 3. The number of benzene rings is 2. The molecule has 2 aromatic carbocycles. The van der Waals surface area contributed by atoms with Crippen molar-refractivity contribution in [3.63, 3.8) is 0 Å². The number of nitrogens with zero attached hydrogens (tertiary/aromatic N) is 4. The van der Waals surface area contributed by atoms with E-state index in [-0.39, 0.29) is 36.2 Å². The van der Waals surface area contributed by atoms with E-state index in [4.69, 9.17) is 0 Å². The Labute approximate surface area is 235 Å². The number of halogens is 3. The van der Waals surface area contributed by atoms with Crippen LogP contribution in [0.25, 0.3) is 0 Å². The van der Waals surface area contributed by atoms with Crippen LogP contribution in [0.4, 0.5) is 30.6 Å². The monoisotopic (exact) mass is 584 g/mol. The van der Waals surface area contributed by atoms with Crippen molar-refractivity contribution in [2.45, 2.75) is 25.6 Å². The number of carbonyl (C=O) groups excluding carboxylic acids is 1. The van der Waals surface area contributed by atoms with E-state index in [1.807, 2.05) is 30.3 Å². The molecule has 41 heavy (non-hydrogen) atoms. The van der Waals surface area contributed by atoms with Gasteiger partial charge in [0, 0.05) is 37.2 Å². The zero-order valence-corrected chi connectivity index (χ0v) is 23.0. The molecular weight excluding hydrogens is 557 g/mol. The average molecular weight is 585 g/mol. The lowest BCUT2D eigenvalue weighted by atomic mass is 10.1. The molecular formula is C28H27F3N6O3S. The Hall–Kier alpha value is -4.52. The van der Waals surface area contributed by atoms with Crippen molar-refractivity contribution in [3.8, 4) is 0 Å². The summed E-state index contributed by atoms with van der Waals surface area (Å²) in [6.45, 7) is 0.335. The van der Waals surface area contributed by atoms with Crippen LogP contribution in [-0.2, 0) is 35.6 Å². The van der Waals surface area contributed by atoms with Gasteiger partial charge in [-0.2, -0.15) is 13.2 Å². The van der Waals surface area contributed by atoms with Crippen LogP contribution < -0.4 is 14.9 Å². The number of nitrogens with one attached hydrogen (secondary N) is 2. The van der Waals surface area contributed by atoms with Gasteiger partial charge in [0.1, 0.15) is 5.82 Å². The molecule has 2 aromatic heterocycles. The van der Waals surface area contributed by atoms with E-state index in [2.05, 4.69) is 25.6 Å². The lowest BCUT2D eigenvalue weighted by Gasteiger charge is -2.19. The number of sulfonamides is 1. The minimum absolute atomic E-state index is 0.0413. The molecule has 2 heterocycles. The van der Waals surface area contributed by atoms with Crippen LogP contribution in [0.5, 0.6) is 0 Å². The first-order valence-electron chi connectivity index (χ1n) is 12.4. The summed E-state index contributed by atoms with van der Waals surface area (Å²) < 4.78 is 66.4. The highest BCUT2D eigenvalue weighted by Crippen LogP contribution is 2.32. The fraction of sp³-hybridized carbons (Fsp3) is 0.214. The zero-order valence-electron chi connectivity index (χ0n) is 22.2. The van der Waals surface area contributed by atoms with E-state index in [1.54, 1.807) is 36.4 Å². The molecule has 0 spiro atoms. The lowest BCUT2D eigenvalue weighted by Crippen LogP contribution is -2.27. The van der Waals surface area contributed by atoms with Crippen molar-refractivity contribution in [1.82, 2.24) is 20.3 Å². The molecule has 214 valence electrons. The van der Waals surface area contributed by atoms with Crippen molar-refractivity contribution in [2.75, 3.05) is 22.9 Å². The standard InChI is InChI=1S/C28H27F3N6O3S/c1-37(41(2,39)40)25-20(11-7-15-32-25)13-14-24-23(28(29,30)31)18-34-27(36-24)35-22-12-6-10-21(16-22)26(38)33-17-19-8-4-3-5-9-19/h3-12,15-16,18H,13-14,17H2,1-2H3,(H,33,38)(H,34,35,36). The first-order chi connectivity index (χ1) is 19.4. The molecule has 0 atom stereocenters. The Bertz CT molecular complexity index is 1630. The predicted octanol–water partition coefficient (Wildman–Crippen LogP) is 4.75. The van der Waals surface area contributed by atoms with E-state index in [9.17, 15) is 26.4 Å². The largest absolute Gasteiger partial charge is 0.419 e. The normalized spacial score (nSPS) is 11.6. The molecule has 9 nitrogen and oxygen atoms in total. The fourth-order valence-corrected chi connectivity index (χ4v) is 4.45. The molecule has 0 bridgehead atoms. The topological polar surface area (TPSA) is 117 Å². The number of amides is 1. The Morgan fingerprint density at radius 2 is 1.73 bits per heavy atom. The van der Waals surface area contributed by atoms with E-state index in [0.717, 1.165) is 16.1 Å². The summed E-state index contributed by atoms with van der Waals surface area (Å²) in [5.74, 6) is -0.286. The molecule has 13 heteroatoms. The maximum atomic E-state index is 13.8. The summed E-state index contributed by atoms with van der Waals surface area (Å²) in [6, 6.07) is 19.0. The van der Waals surface area contributed by atoms with Gasteiger partial charge in [0.2, 0.25) is 16.0 Å². The highest BCUT2D eigenvalue weighted by atomic mass is 32.2. The number of hydrogen-bond donors (Lipinski definition) is 2. The quantitative estimate of drug-likeness (QED) is 0.276. The molecule has 0 radical (unpaired) electrons. The van der Waals surface area contributed by atoms with E-state index in [0.29, 0.717) is 29.6 Å². The van der Waals surface area contributed by atoms with E-state index in [1.165, 1.54) is 13.2 Å². The van der Waals surface area contributed by atoms with Crippen LogP contribution in [-0.4, -0.2) is 42.6 Å². The van der Waals surface area contributed by atoms with Gasteiger partial charge in [-0.25, -0.2) is 23.4 Å². The van der Waals surface area contributed by atoms with Gasteiger partial charge in [0.15, 0.2) is 0 Å². The van der Waals surface area contributed by atoms with E-state index >= 15 is 0 Å². The van der Waals surface area contributed by atoms with Crippen LogP contribution in [0.2, 0.25) is 0 Å². The van der Waals surface area contributed by atoms with Crippen molar-refractivity contribution in [2.24, 2.45) is 0 Å². The SMILES string of the molecule is CN(c1ncccc1CCc1nc(Nc2cccc(C(=O)NCc3ccccc3)c2)ncc1C(F)(F)F)S(C)(=O)=O. The number of pyridine rings is 1. The summed E-state index contributed by atoms with van der Waals surface area (Å²) in [4.78, 5) is 24.7. The van der Waals surface area contributed by atoms with E-state index < -0.39 is 21.8 Å². The molecule has 4 aromatic rings. The van der Waals surface area contributed by atoms with Gasteiger partial charge in [-0.05, 0) is 48.2 Å². The third-order valence-corrected chi connectivity index (χ3v) is 7.31. The molecule has 1 amide bonds. The first-order valence-corrected chi connectivity index (χ1v) is 14.3. The first kappa shape index (κ1) is 29.5. The summed E-state index contributed by atoms with van der Waals surface area (Å²) in [7, 11) is -2.31. The molecule has 0 unspecified atom stereocenters. The van der Waals surface area contributed by atoms with Crippen molar-refractivity contribution >= 4 is 33.4 Å². The Balaban J connectivity index is 1.53. The van der Waals surface area contributed by atoms with Gasteiger partial charge in [-0.1, -0.05) is 42.5 Å². The number of carbonyl (C=O) groups is 1. The zero-order chi connectivity index (χ0) is 29.6. The second-order valence-electron chi connectivity index (χ2n) is 9.14. The van der Waals surface area contributed by atoms with Crippen LogP contribution in [0, 0.1) is 0 Å². The molecule has 0 fully saturated rings. The Morgan fingerprint density at radius 3 is 2.44 bits per heavy atom. The molecule has 0 aliphatic carbocycles. The summed E-state index contributed by atoms with van der Waals surface area (Å²) in [5, 5.41) is 5.69. The van der Waals surface area contributed by atoms with Gasteiger partial charge in [0.25, 0.3) is 5.91 Å². The fourth-order valence-electron chi connectivity index (χ4n) is 3.97. The van der Waals surface area contributed by atoms with Gasteiger partial charge in [0.05, 0.1) is 17.5 Å². The molecule has 2 N–H and O–H groups in total. The van der Waals surface area contributed by atoms with Gasteiger partial charge >= 0.3 is 6.18 Å². The second kappa shape index (κ2) is 12.3. The number of anilines is 3. The van der Waals surface area contributed by atoms with Crippen LogP contribution in [0.3, 0.4) is 0 Å².